The molecular formula is C64H123NO5. The van der Waals surface area contributed by atoms with Gasteiger partial charge in [-0.3, -0.25) is 9.59 Å². The molecular weight excluding hydrogens is 863 g/mol. The number of hydrogen-bond acceptors (Lipinski definition) is 5. The second-order valence-electron chi connectivity index (χ2n) is 21.7. The van der Waals surface area contributed by atoms with Gasteiger partial charge in [0, 0.05) is 12.8 Å². The van der Waals surface area contributed by atoms with Crippen LogP contribution in [0.1, 0.15) is 348 Å². The molecule has 0 radical (unpaired) electrons. The van der Waals surface area contributed by atoms with Crippen LogP contribution in [0.4, 0.5) is 0 Å². The van der Waals surface area contributed by atoms with E-state index in [1.54, 1.807) is 6.08 Å². The van der Waals surface area contributed by atoms with Crippen LogP contribution in [0.5, 0.6) is 0 Å². The maximum absolute atomic E-state index is 12.5. The van der Waals surface area contributed by atoms with E-state index in [4.69, 9.17) is 4.74 Å². The van der Waals surface area contributed by atoms with E-state index in [1.165, 1.54) is 263 Å². The Balaban J connectivity index is 3.47. The molecule has 0 aliphatic carbocycles. The van der Waals surface area contributed by atoms with Gasteiger partial charge in [-0.15, -0.1) is 0 Å². The highest BCUT2D eigenvalue weighted by Gasteiger charge is 2.18. The molecule has 1 amide bonds. The highest BCUT2D eigenvalue weighted by atomic mass is 16.5. The second kappa shape index (κ2) is 59.9. The van der Waals surface area contributed by atoms with Crippen LogP contribution in [0.2, 0.25) is 0 Å². The summed E-state index contributed by atoms with van der Waals surface area (Å²) >= 11 is 0. The summed E-state index contributed by atoms with van der Waals surface area (Å²) in [6, 6.07) is -0.638. The Hall–Kier alpha value is -1.66. The van der Waals surface area contributed by atoms with Crippen LogP contribution in [0.3, 0.4) is 0 Å². The maximum Gasteiger partial charge on any atom is 0.305 e. The van der Waals surface area contributed by atoms with Crippen LogP contribution in [0, 0.1) is 0 Å². The quantitative estimate of drug-likeness (QED) is 0.0321. The van der Waals surface area contributed by atoms with Gasteiger partial charge in [-0.05, 0) is 57.8 Å². The molecule has 0 rings (SSSR count). The third kappa shape index (κ3) is 55.7. The number of amides is 1. The smallest absolute Gasteiger partial charge is 0.305 e. The molecule has 0 aromatic carbocycles. The Morgan fingerprint density at radius 1 is 0.386 bits per heavy atom. The number of hydrogen-bond donors (Lipinski definition) is 3. The van der Waals surface area contributed by atoms with E-state index in [0.717, 1.165) is 57.8 Å². The van der Waals surface area contributed by atoms with Crippen molar-refractivity contribution in [3.05, 3.63) is 24.3 Å². The number of carbonyl (C=O) groups excluding carboxylic acids is 2. The monoisotopic (exact) mass is 986 g/mol. The zero-order valence-electron chi connectivity index (χ0n) is 47.3. The largest absolute Gasteiger partial charge is 0.466 e. The van der Waals surface area contributed by atoms with Gasteiger partial charge < -0.3 is 20.3 Å². The lowest BCUT2D eigenvalue weighted by atomic mass is 10.0. The van der Waals surface area contributed by atoms with Crippen molar-refractivity contribution >= 4 is 11.9 Å². The molecule has 0 heterocycles. The number of allylic oxidation sites excluding steroid dienone is 3. The van der Waals surface area contributed by atoms with Crippen LogP contribution in [0.25, 0.3) is 0 Å². The van der Waals surface area contributed by atoms with E-state index in [1.807, 2.05) is 6.08 Å². The summed E-state index contributed by atoms with van der Waals surface area (Å²) in [5, 5.41) is 23.2. The van der Waals surface area contributed by atoms with Crippen LogP contribution in [-0.2, 0) is 14.3 Å². The van der Waals surface area contributed by atoms with Gasteiger partial charge in [-0.25, -0.2) is 0 Å². The van der Waals surface area contributed by atoms with Crippen LogP contribution in [-0.4, -0.2) is 47.4 Å². The van der Waals surface area contributed by atoms with Gasteiger partial charge in [-0.1, -0.05) is 301 Å². The standard InChI is InChI=1S/C64H123NO5/c1-3-5-7-9-11-13-15-17-19-20-21-22-25-29-32-36-40-44-48-52-56-62(67)61(60-66)65-63(68)57-53-49-45-41-37-33-30-26-23-24-27-31-35-39-43-47-51-55-59-70-64(69)58-54-50-46-42-38-34-28-18-16-14-12-10-8-6-4-2/h26,30,52,56,61-62,66-67H,3-25,27-29,31-51,53-55,57-60H2,1-2H3,(H,65,68)/b30-26-,56-52+. The molecule has 0 aromatic heterocycles. The number of aliphatic hydroxyl groups excluding tert-OH is 2. The first-order valence-corrected chi connectivity index (χ1v) is 31.6. The van der Waals surface area contributed by atoms with Crippen molar-refractivity contribution in [3.8, 4) is 0 Å². The summed E-state index contributed by atoms with van der Waals surface area (Å²) < 4.78 is 5.48. The van der Waals surface area contributed by atoms with Crippen molar-refractivity contribution in [1.82, 2.24) is 5.32 Å². The molecule has 0 aliphatic rings. The van der Waals surface area contributed by atoms with E-state index in [0.29, 0.717) is 19.4 Å². The zero-order valence-corrected chi connectivity index (χ0v) is 47.3. The molecule has 0 saturated heterocycles. The molecule has 0 fully saturated rings. The molecule has 0 spiro atoms. The third-order valence-electron chi connectivity index (χ3n) is 14.7. The zero-order chi connectivity index (χ0) is 50.7. The topological polar surface area (TPSA) is 95.9 Å². The van der Waals surface area contributed by atoms with Gasteiger partial charge >= 0.3 is 5.97 Å². The maximum atomic E-state index is 12.5. The van der Waals surface area contributed by atoms with Gasteiger partial charge in [0.05, 0.1) is 25.4 Å². The summed E-state index contributed by atoms with van der Waals surface area (Å²) in [5.41, 5.74) is 0. The average molecular weight is 987 g/mol. The number of unbranched alkanes of at least 4 members (excludes halogenated alkanes) is 46. The highest BCUT2D eigenvalue weighted by Crippen LogP contribution is 2.18. The number of rotatable bonds is 59. The van der Waals surface area contributed by atoms with Gasteiger partial charge in [0.25, 0.3) is 0 Å². The first-order valence-electron chi connectivity index (χ1n) is 31.6. The van der Waals surface area contributed by atoms with Gasteiger partial charge in [0.15, 0.2) is 0 Å². The lowest BCUT2D eigenvalue weighted by Crippen LogP contribution is -2.45. The first-order chi connectivity index (χ1) is 34.5. The second-order valence-corrected chi connectivity index (χ2v) is 21.7. The van der Waals surface area contributed by atoms with Crippen LogP contribution in [0.15, 0.2) is 24.3 Å². The first kappa shape index (κ1) is 68.3. The molecule has 3 N–H and O–H groups in total. The molecule has 6 heteroatoms. The van der Waals surface area contributed by atoms with E-state index in [9.17, 15) is 19.8 Å². The fraction of sp³-hybridized carbons (Fsp3) is 0.906. The van der Waals surface area contributed by atoms with Crippen molar-refractivity contribution in [1.29, 1.82) is 0 Å². The Morgan fingerprint density at radius 3 is 1.01 bits per heavy atom. The Labute approximate surface area is 437 Å². The lowest BCUT2D eigenvalue weighted by Gasteiger charge is -2.20. The van der Waals surface area contributed by atoms with Crippen molar-refractivity contribution in [2.24, 2.45) is 0 Å². The van der Waals surface area contributed by atoms with Crippen molar-refractivity contribution in [2.45, 2.75) is 360 Å². The SMILES string of the molecule is CCCCCCCCCCCCCCCCCCCC/C=C/C(O)C(CO)NC(=O)CCCCCCC/C=C\CCCCCCCCCCCOC(=O)CCCCCCCCCCCCCCCCC. The summed E-state index contributed by atoms with van der Waals surface area (Å²) in [5.74, 6) is -0.0737. The average Bonchev–Trinajstić information content (AvgIpc) is 3.36. The Kier molecular flexibility index (Phi) is 58.5. The molecule has 2 atom stereocenters. The van der Waals surface area contributed by atoms with Crippen LogP contribution >= 0.6 is 0 Å². The fourth-order valence-electron chi connectivity index (χ4n) is 9.87. The number of aliphatic hydroxyl groups is 2. The summed E-state index contributed by atoms with van der Waals surface area (Å²) in [6.45, 7) is 4.92. The molecule has 0 aliphatic heterocycles. The van der Waals surface area contributed by atoms with Crippen molar-refractivity contribution in [3.63, 3.8) is 0 Å². The minimum absolute atomic E-state index is 0.00557. The van der Waals surface area contributed by atoms with Crippen molar-refractivity contribution in [2.75, 3.05) is 13.2 Å². The predicted molar refractivity (Wildman–Crippen MR) is 306 cm³/mol. The number of esters is 1. The molecule has 414 valence electrons. The van der Waals surface area contributed by atoms with E-state index < -0.39 is 12.1 Å². The minimum atomic E-state index is -0.854. The molecule has 0 aromatic rings. The molecule has 6 nitrogen and oxygen atoms in total. The highest BCUT2D eigenvalue weighted by molar-refractivity contribution is 5.76. The Morgan fingerprint density at radius 2 is 0.671 bits per heavy atom. The molecule has 0 saturated carbocycles. The molecule has 2 unspecified atom stereocenters. The van der Waals surface area contributed by atoms with Crippen molar-refractivity contribution < 1.29 is 24.5 Å². The summed E-state index contributed by atoms with van der Waals surface area (Å²) in [7, 11) is 0. The normalized spacial score (nSPS) is 12.7. The van der Waals surface area contributed by atoms with Gasteiger partial charge in [-0.2, -0.15) is 0 Å². The lowest BCUT2D eigenvalue weighted by molar-refractivity contribution is -0.143. The third-order valence-corrected chi connectivity index (χ3v) is 14.7. The minimum Gasteiger partial charge on any atom is -0.466 e. The van der Waals surface area contributed by atoms with Crippen LogP contribution < -0.4 is 5.32 Å². The number of carbonyl (C=O) groups is 2. The molecule has 0 bridgehead atoms. The number of nitrogens with one attached hydrogen (secondary N) is 1. The van der Waals surface area contributed by atoms with E-state index in [2.05, 4.69) is 31.3 Å². The number of ether oxygens (including phenoxy) is 1. The molecule has 70 heavy (non-hydrogen) atoms. The summed E-state index contributed by atoms with van der Waals surface area (Å²) in [6.07, 6.45) is 73.6. The van der Waals surface area contributed by atoms with Gasteiger partial charge in [0.1, 0.15) is 0 Å². The van der Waals surface area contributed by atoms with E-state index in [-0.39, 0.29) is 18.5 Å². The fourth-order valence-corrected chi connectivity index (χ4v) is 9.87. The van der Waals surface area contributed by atoms with Gasteiger partial charge in [0.2, 0.25) is 5.91 Å². The Bertz CT molecular complexity index is 1090. The predicted octanol–water partition coefficient (Wildman–Crippen LogP) is 19.8. The summed E-state index contributed by atoms with van der Waals surface area (Å²) in [4.78, 5) is 24.6. The van der Waals surface area contributed by atoms with E-state index >= 15 is 0 Å².